The molecular weight excluding hydrogens is 415 g/mol. The van der Waals surface area contributed by atoms with Crippen LogP contribution in [0.1, 0.15) is 64.1 Å². The van der Waals surface area contributed by atoms with E-state index in [1.165, 1.54) is 28.8 Å². The summed E-state index contributed by atoms with van der Waals surface area (Å²) in [6.45, 7) is 5.68. The lowest BCUT2D eigenvalue weighted by Gasteiger charge is -2.51. The average Bonchev–Trinajstić information content (AvgIpc) is 3.15. The number of nitrogens with zero attached hydrogens (tertiary/aromatic N) is 2. The summed E-state index contributed by atoms with van der Waals surface area (Å²) in [5.74, 6) is 1.03. The SMILES string of the molecule is CC(=O)CC1CC=C2C(CCC3=Cc4c(cnn4-c4ccc(F)cc4)CC32C)C1CC(C)=O. The Morgan fingerprint density at radius 1 is 1.15 bits per heavy atom. The summed E-state index contributed by atoms with van der Waals surface area (Å²) >= 11 is 0. The van der Waals surface area contributed by atoms with E-state index in [1.807, 2.05) is 10.9 Å². The monoisotopic (exact) mass is 446 g/mol. The van der Waals surface area contributed by atoms with Gasteiger partial charge in [0.05, 0.1) is 17.6 Å². The molecule has 5 heteroatoms. The van der Waals surface area contributed by atoms with Crippen LogP contribution in [0.2, 0.25) is 0 Å². The predicted octanol–water partition coefficient (Wildman–Crippen LogP) is 5.89. The van der Waals surface area contributed by atoms with Crippen LogP contribution in [0.15, 0.2) is 47.7 Å². The molecule has 0 saturated heterocycles. The van der Waals surface area contributed by atoms with Gasteiger partial charge >= 0.3 is 0 Å². The first-order chi connectivity index (χ1) is 15.8. The van der Waals surface area contributed by atoms with Gasteiger partial charge in [0, 0.05) is 18.3 Å². The van der Waals surface area contributed by atoms with Crippen LogP contribution in [0.5, 0.6) is 0 Å². The molecule has 33 heavy (non-hydrogen) atoms. The quantitative estimate of drug-likeness (QED) is 0.538. The summed E-state index contributed by atoms with van der Waals surface area (Å²) in [5.41, 5.74) is 5.92. The van der Waals surface area contributed by atoms with Crippen molar-refractivity contribution in [2.75, 3.05) is 0 Å². The number of carbonyl (C=O) groups excluding carboxylic acids is 2. The van der Waals surface area contributed by atoms with Crippen LogP contribution in [0.3, 0.4) is 0 Å². The van der Waals surface area contributed by atoms with Crippen LogP contribution in [0.4, 0.5) is 4.39 Å². The van der Waals surface area contributed by atoms with Crippen molar-refractivity contribution in [3.05, 3.63) is 64.8 Å². The number of Topliss-reactive ketones (excluding diaryl/α,β-unsaturated/α-hetero) is 2. The van der Waals surface area contributed by atoms with E-state index in [1.54, 1.807) is 26.0 Å². The zero-order chi connectivity index (χ0) is 23.3. The molecule has 1 aromatic heterocycles. The topological polar surface area (TPSA) is 52.0 Å². The van der Waals surface area contributed by atoms with Crippen LogP contribution >= 0.6 is 0 Å². The Kier molecular flexibility index (Phi) is 5.46. The zero-order valence-corrected chi connectivity index (χ0v) is 19.6. The Hall–Kier alpha value is -2.82. The molecule has 5 rings (SSSR count). The number of hydrogen-bond donors (Lipinski definition) is 0. The van der Waals surface area contributed by atoms with Crippen molar-refractivity contribution in [2.24, 2.45) is 23.2 Å². The maximum Gasteiger partial charge on any atom is 0.130 e. The molecule has 4 nitrogen and oxygen atoms in total. The van der Waals surface area contributed by atoms with Crippen LogP contribution < -0.4 is 0 Å². The maximum absolute atomic E-state index is 13.4. The average molecular weight is 447 g/mol. The van der Waals surface area contributed by atoms with Crippen molar-refractivity contribution >= 4 is 17.6 Å². The molecule has 1 heterocycles. The number of halogens is 1. The minimum Gasteiger partial charge on any atom is -0.300 e. The molecule has 4 unspecified atom stereocenters. The first-order valence-corrected chi connectivity index (χ1v) is 12.0. The normalized spacial score (nSPS) is 28.2. The summed E-state index contributed by atoms with van der Waals surface area (Å²) in [4.78, 5) is 24.1. The van der Waals surface area contributed by atoms with Gasteiger partial charge in [-0.3, -0.25) is 0 Å². The fourth-order valence-electron chi connectivity index (χ4n) is 6.65. The maximum atomic E-state index is 13.4. The van der Waals surface area contributed by atoms with Gasteiger partial charge in [0.25, 0.3) is 0 Å². The molecule has 0 bridgehead atoms. The van der Waals surface area contributed by atoms with Crippen molar-refractivity contribution in [1.29, 1.82) is 0 Å². The van der Waals surface area contributed by atoms with E-state index in [0.29, 0.717) is 18.8 Å². The highest BCUT2D eigenvalue weighted by Crippen LogP contribution is 2.58. The molecule has 3 aliphatic rings. The number of ketones is 2. The summed E-state index contributed by atoms with van der Waals surface area (Å²) in [6.07, 6.45) is 11.5. The Balaban J connectivity index is 1.51. The summed E-state index contributed by atoms with van der Waals surface area (Å²) in [6, 6.07) is 6.45. The number of fused-ring (bicyclic) bond motifs is 4. The number of aromatic nitrogens is 2. The second-order valence-electron chi connectivity index (χ2n) is 10.4. The Morgan fingerprint density at radius 3 is 2.58 bits per heavy atom. The van der Waals surface area contributed by atoms with Crippen molar-refractivity contribution in [3.8, 4) is 5.69 Å². The van der Waals surface area contributed by atoms with Gasteiger partial charge in [-0.15, -0.1) is 0 Å². The smallest absolute Gasteiger partial charge is 0.130 e. The molecule has 1 fully saturated rings. The first-order valence-electron chi connectivity index (χ1n) is 12.0. The van der Waals surface area contributed by atoms with Crippen LogP contribution in [-0.2, 0) is 16.0 Å². The van der Waals surface area contributed by atoms with E-state index < -0.39 is 0 Å². The van der Waals surface area contributed by atoms with Crippen LogP contribution in [-0.4, -0.2) is 21.3 Å². The van der Waals surface area contributed by atoms with Gasteiger partial charge in [-0.25, -0.2) is 9.07 Å². The molecule has 172 valence electrons. The molecular formula is C28H31FN2O2. The van der Waals surface area contributed by atoms with Crippen molar-refractivity contribution in [1.82, 2.24) is 9.78 Å². The molecule has 0 amide bonds. The van der Waals surface area contributed by atoms with E-state index in [2.05, 4.69) is 24.2 Å². The highest BCUT2D eigenvalue weighted by atomic mass is 19.1. The molecule has 4 atom stereocenters. The Labute approximate surface area is 194 Å². The molecule has 0 aliphatic heterocycles. The van der Waals surface area contributed by atoms with Gasteiger partial charge in [-0.05, 0) is 93.2 Å². The van der Waals surface area contributed by atoms with Crippen LogP contribution in [0.25, 0.3) is 11.8 Å². The lowest BCUT2D eigenvalue weighted by Crippen LogP contribution is -2.42. The first kappa shape index (κ1) is 22.0. The Bertz CT molecular complexity index is 1170. The molecule has 1 saturated carbocycles. The number of hydrogen-bond acceptors (Lipinski definition) is 3. The lowest BCUT2D eigenvalue weighted by molar-refractivity contribution is -0.121. The zero-order valence-electron chi connectivity index (χ0n) is 19.6. The third kappa shape index (κ3) is 3.81. The number of carbonyl (C=O) groups is 2. The van der Waals surface area contributed by atoms with E-state index in [4.69, 9.17) is 0 Å². The Morgan fingerprint density at radius 2 is 1.88 bits per heavy atom. The van der Waals surface area contributed by atoms with Crippen molar-refractivity contribution in [3.63, 3.8) is 0 Å². The molecule has 3 aliphatic carbocycles. The largest absolute Gasteiger partial charge is 0.300 e. The third-order valence-corrected chi connectivity index (χ3v) is 8.12. The summed E-state index contributed by atoms with van der Waals surface area (Å²) in [7, 11) is 0. The minimum atomic E-state index is -0.253. The van der Waals surface area contributed by atoms with Crippen molar-refractivity contribution < 1.29 is 14.0 Å². The highest BCUT2D eigenvalue weighted by molar-refractivity contribution is 5.77. The van der Waals surface area contributed by atoms with Gasteiger partial charge in [-0.1, -0.05) is 24.1 Å². The van der Waals surface area contributed by atoms with E-state index in [-0.39, 0.29) is 34.6 Å². The van der Waals surface area contributed by atoms with E-state index in [0.717, 1.165) is 37.1 Å². The van der Waals surface area contributed by atoms with Gasteiger partial charge < -0.3 is 9.59 Å². The molecule has 1 aromatic carbocycles. The van der Waals surface area contributed by atoms with Gasteiger partial charge in [-0.2, -0.15) is 5.10 Å². The number of rotatable bonds is 5. The van der Waals surface area contributed by atoms with Gasteiger partial charge in [0.15, 0.2) is 0 Å². The standard InChI is InChI=1S/C28H31FN2O2/c1-17(32)12-19-4-11-26-24(25(19)13-18(2)33)10-5-21-14-27-20(15-28(21,26)3)16-30-31(27)23-8-6-22(29)7-9-23/h6-9,11,14,16,19,24-25H,4-5,10,12-13,15H2,1-3H3. The highest BCUT2D eigenvalue weighted by Gasteiger charge is 2.48. The molecule has 0 spiro atoms. The summed E-state index contributed by atoms with van der Waals surface area (Å²) < 4.78 is 15.3. The second-order valence-corrected chi connectivity index (χ2v) is 10.4. The number of benzene rings is 1. The molecule has 2 aromatic rings. The number of allylic oxidation sites excluding steroid dienone is 3. The molecule has 0 radical (unpaired) electrons. The lowest BCUT2D eigenvalue weighted by atomic mass is 9.53. The fraction of sp³-hybridized carbons (Fsp3) is 0.464. The van der Waals surface area contributed by atoms with E-state index in [9.17, 15) is 14.0 Å². The van der Waals surface area contributed by atoms with Gasteiger partial charge in [0.1, 0.15) is 17.4 Å². The summed E-state index contributed by atoms with van der Waals surface area (Å²) in [5, 5.41) is 4.64. The van der Waals surface area contributed by atoms with Crippen molar-refractivity contribution in [2.45, 2.75) is 59.3 Å². The van der Waals surface area contributed by atoms with Crippen LogP contribution in [0, 0.1) is 29.0 Å². The van der Waals surface area contributed by atoms with Gasteiger partial charge in [0.2, 0.25) is 0 Å². The molecule has 0 N–H and O–H groups in total. The second kappa shape index (κ2) is 8.19. The van der Waals surface area contributed by atoms with E-state index >= 15 is 0 Å². The fourth-order valence-corrected chi connectivity index (χ4v) is 6.65. The minimum absolute atomic E-state index is 0.0805. The third-order valence-electron chi connectivity index (χ3n) is 8.12. The predicted molar refractivity (Wildman–Crippen MR) is 126 cm³/mol.